The van der Waals surface area contributed by atoms with Crippen molar-refractivity contribution in [2.45, 2.75) is 97.2 Å². The second-order valence-electron chi connectivity index (χ2n) is 11.8. The second kappa shape index (κ2) is 18.8. The quantitative estimate of drug-likeness (QED) is 0.145. The van der Waals surface area contributed by atoms with Crippen LogP contribution < -0.4 is 5.32 Å². The molecule has 39 heavy (non-hydrogen) atoms. The zero-order valence-electron chi connectivity index (χ0n) is 25.9. The first-order chi connectivity index (χ1) is 18.4. The van der Waals surface area contributed by atoms with E-state index >= 15 is 0 Å². The standard InChI is InChI=1S/C30H55NO7Si/c1-24(2)39(25(3)4,26(5)6)37-20-18-33-17-19-36-28(23-35-21-27-13-11-10-12-14-27)22-34-16-15-31-29(32)38-30(7,8)9/h10-14,24-26,28H,15-23H2,1-9H3,(H,31,32)/t28-/m1/s1. The van der Waals surface area contributed by atoms with Crippen LogP contribution in [0.5, 0.6) is 0 Å². The van der Waals surface area contributed by atoms with Crippen LogP contribution in [-0.4, -0.2) is 78.9 Å². The van der Waals surface area contributed by atoms with Gasteiger partial charge in [0.05, 0.1) is 52.9 Å². The van der Waals surface area contributed by atoms with Crippen molar-refractivity contribution in [3.05, 3.63) is 35.9 Å². The molecule has 0 spiro atoms. The van der Waals surface area contributed by atoms with E-state index in [1.807, 2.05) is 51.1 Å². The molecule has 1 aromatic carbocycles. The van der Waals surface area contributed by atoms with Crippen molar-refractivity contribution in [1.29, 1.82) is 0 Å². The highest BCUT2D eigenvalue weighted by atomic mass is 28.4. The molecular weight excluding hydrogens is 514 g/mol. The molecule has 226 valence electrons. The lowest BCUT2D eigenvalue weighted by Gasteiger charge is -2.42. The van der Waals surface area contributed by atoms with Crippen LogP contribution in [0.1, 0.15) is 67.9 Å². The van der Waals surface area contributed by atoms with Gasteiger partial charge in [0.2, 0.25) is 0 Å². The first-order valence-electron chi connectivity index (χ1n) is 14.4. The third-order valence-corrected chi connectivity index (χ3v) is 12.6. The minimum absolute atomic E-state index is 0.252. The number of nitrogens with one attached hydrogen (secondary N) is 1. The molecule has 0 saturated heterocycles. The number of amides is 1. The molecular formula is C30H55NO7Si. The fourth-order valence-corrected chi connectivity index (χ4v) is 10.4. The fraction of sp³-hybridized carbons (Fsp3) is 0.767. The van der Waals surface area contributed by atoms with E-state index in [0.29, 0.717) is 76.0 Å². The highest BCUT2D eigenvalue weighted by Crippen LogP contribution is 2.42. The third-order valence-electron chi connectivity index (χ3n) is 6.50. The summed E-state index contributed by atoms with van der Waals surface area (Å²) in [5.41, 5.74) is 2.23. The Labute approximate surface area is 238 Å². The lowest BCUT2D eigenvalue weighted by molar-refractivity contribution is -0.0765. The molecule has 0 radical (unpaired) electrons. The summed E-state index contributed by atoms with van der Waals surface area (Å²) in [6, 6.07) is 10.0. The molecule has 1 amide bonds. The van der Waals surface area contributed by atoms with Crippen LogP contribution in [0.15, 0.2) is 30.3 Å². The zero-order chi connectivity index (χ0) is 29.3. The zero-order valence-corrected chi connectivity index (χ0v) is 26.9. The molecule has 1 atom stereocenters. The Bertz CT molecular complexity index is 747. The predicted octanol–water partition coefficient (Wildman–Crippen LogP) is 6.34. The lowest BCUT2D eigenvalue weighted by Crippen LogP contribution is -2.48. The second-order valence-corrected chi connectivity index (χ2v) is 17.2. The van der Waals surface area contributed by atoms with Crippen molar-refractivity contribution in [3.8, 4) is 0 Å². The smallest absolute Gasteiger partial charge is 0.407 e. The maximum Gasteiger partial charge on any atom is 0.407 e. The highest BCUT2D eigenvalue weighted by Gasteiger charge is 2.44. The minimum atomic E-state index is -1.88. The Hall–Kier alpha value is -1.49. The normalized spacial score (nSPS) is 13.3. The maximum atomic E-state index is 11.8. The van der Waals surface area contributed by atoms with Gasteiger partial charge in [0.25, 0.3) is 0 Å². The van der Waals surface area contributed by atoms with Gasteiger partial charge in [-0.1, -0.05) is 71.9 Å². The molecule has 9 heteroatoms. The van der Waals surface area contributed by atoms with Crippen molar-refractivity contribution in [2.75, 3.05) is 52.8 Å². The van der Waals surface area contributed by atoms with Gasteiger partial charge < -0.3 is 33.4 Å². The molecule has 1 rings (SSSR count). The molecule has 0 unspecified atom stereocenters. The number of hydrogen-bond acceptors (Lipinski definition) is 7. The van der Waals surface area contributed by atoms with Crippen molar-refractivity contribution < 1.29 is 32.9 Å². The van der Waals surface area contributed by atoms with Gasteiger partial charge in [-0.25, -0.2) is 4.79 Å². The number of carbonyl (C=O) groups excluding carboxylic acids is 1. The Morgan fingerprint density at radius 3 is 1.97 bits per heavy atom. The average Bonchev–Trinajstić information content (AvgIpc) is 2.84. The van der Waals surface area contributed by atoms with E-state index in [0.717, 1.165) is 5.56 Å². The molecule has 0 aliphatic heterocycles. The van der Waals surface area contributed by atoms with Crippen molar-refractivity contribution in [2.24, 2.45) is 0 Å². The summed E-state index contributed by atoms with van der Waals surface area (Å²) < 4.78 is 35.3. The van der Waals surface area contributed by atoms with Crippen LogP contribution >= 0.6 is 0 Å². The number of ether oxygens (including phenoxy) is 5. The summed E-state index contributed by atoms with van der Waals surface area (Å²) in [4.78, 5) is 11.8. The molecule has 0 heterocycles. The van der Waals surface area contributed by atoms with E-state index < -0.39 is 20.0 Å². The number of hydrogen-bond donors (Lipinski definition) is 1. The summed E-state index contributed by atoms with van der Waals surface area (Å²) >= 11 is 0. The molecule has 8 nitrogen and oxygen atoms in total. The van der Waals surface area contributed by atoms with Gasteiger partial charge in [-0.05, 0) is 43.0 Å². The van der Waals surface area contributed by atoms with Crippen LogP contribution in [0, 0.1) is 0 Å². The first kappa shape index (κ1) is 35.5. The largest absolute Gasteiger partial charge is 0.444 e. The van der Waals surface area contributed by atoms with Gasteiger partial charge in [0.1, 0.15) is 11.7 Å². The van der Waals surface area contributed by atoms with Crippen LogP contribution in [0.25, 0.3) is 0 Å². The van der Waals surface area contributed by atoms with Crippen molar-refractivity contribution >= 4 is 14.4 Å². The van der Waals surface area contributed by atoms with Gasteiger partial charge in [0.15, 0.2) is 8.32 Å². The topological polar surface area (TPSA) is 84.5 Å². The Kier molecular flexibility index (Phi) is 17.1. The Morgan fingerprint density at radius 1 is 0.795 bits per heavy atom. The van der Waals surface area contributed by atoms with Gasteiger partial charge in [-0.15, -0.1) is 0 Å². The number of carbonyl (C=O) groups is 1. The highest BCUT2D eigenvalue weighted by molar-refractivity contribution is 6.77. The summed E-state index contributed by atoms with van der Waals surface area (Å²) in [6.07, 6.45) is -0.709. The van der Waals surface area contributed by atoms with Gasteiger partial charge in [-0.2, -0.15) is 0 Å². The SMILES string of the molecule is CC(C)[Si](OCCOCCO[C@H](COCCNC(=O)OC(C)(C)C)COCc1ccccc1)(C(C)C)C(C)C. The predicted molar refractivity (Wildman–Crippen MR) is 159 cm³/mol. The van der Waals surface area contributed by atoms with Gasteiger partial charge >= 0.3 is 6.09 Å². The minimum Gasteiger partial charge on any atom is -0.444 e. The van der Waals surface area contributed by atoms with E-state index in [-0.39, 0.29) is 6.10 Å². The molecule has 0 aromatic heterocycles. The molecule has 0 aliphatic carbocycles. The van der Waals surface area contributed by atoms with Crippen LogP contribution in [0.4, 0.5) is 4.79 Å². The molecule has 1 N–H and O–H groups in total. The summed E-state index contributed by atoms with van der Waals surface area (Å²) in [7, 11) is -1.88. The van der Waals surface area contributed by atoms with Crippen LogP contribution in [-0.2, 0) is 34.7 Å². The molecule has 1 aromatic rings. The fourth-order valence-electron chi connectivity index (χ4n) is 4.93. The lowest BCUT2D eigenvalue weighted by atomic mass is 10.2. The van der Waals surface area contributed by atoms with Crippen molar-refractivity contribution in [1.82, 2.24) is 5.32 Å². The van der Waals surface area contributed by atoms with Crippen molar-refractivity contribution in [3.63, 3.8) is 0 Å². The average molecular weight is 570 g/mol. The number of alkyl carbamates (subject to hydrolysis) is 1. The Morgan fingerprint density at radius 2 is 1.38 bits per heavy atom. The van der Waals surface area contributed by atoms with E-state index in [2.05, 4.69) is 46.9 Å². The van der Waals surface area contributed by atoms with Gasteiger partial charge in [-0.3, -0.25) is 0 Å². The monoisotopic (exact) mass is 569 g/mol. The third kappa shape index (κ3) is 14.6. The van der Waals surface area contributed by atoms with E-state index in [1.54, 1.807) is 0 Å². The molecule has 0 bridgehead atoms. The number of benzene rings is 1. The van der Waals surface area contributed by atoms with E-state index in [9.17, 15) is 4.79 Å². The summed E-state index contributed by atoms with van der Waals surface area (Å²) in [5.74, 6) is 0. The Balaban J connectivity index is 2.41. The molecule has 0 saturated carbocycles. The van der Waals surface area contributed by atoms with Crippen LogP contribution in [0.3, 0.4) is 0 Å². The van der Waals surface area contributed by atoms with E-state index in [4.69, 9.17) is 28.1 Å². The maximum absolute atomic E-state index is 11.8. The summed E-state index contributed by atoms with van der Waals surface area (Å²) in [5, 5.41) is 2.69. The first-order valence-corrected chi connectivity index (χ1v) is 16.5. The van der Waals surface area contributed by atoms with Crippen LogP contribution in [0.2, 0.25) is 16.6 Å². The van der Waals surface area contributed by atoms with Gasteiger partial charge in [0, 0.05) is 6.54 Å². The molecule has 0 fully saturated rings. The number of rotatable bonds is 20. The molecule has 0 aliphatic rings. The summed E-state index contributed by atoms with van der Waals surface area (Å²) in [6.45, 7) is 23.2. The van der Waals surface area contributed by atoms with E-state index in [1.165, 1.54) is 0 Å².